The van der Waals surface area contributed by atoms with E-state index in [4.69, 9.17) is 0 Å². The summed E-state index contributed by atoms with van der Waals surface area (Å²) >= 11 is 0. The zero-order chi connectivity index (χ0) is 26.1. The summed E-state index contributed by atoms with van der Waals surface area (Å²) in [5, 5.41) is 97.0. The Kier molecular flexibility index (Phi) is 2.57. The molecule has 0 atom stereocenters. The van der Waals surface area contributed by atoms with Crippen LogP contribution in [0, 0.1) is 0 Å². The van der Waals surface area contributed by atoms with Gasteiger partial charge < -0.3 is 0 Å². The number of rotatable bonds is 10. The molecule has 0 aromatic rings. The van der Waals surface area contributed by atoms with E-state index in [1.54, 1.807) is 0 Å². The molecule has 0 bridgehead atoms. The van der Waals surface area contributed by atoms with Crippen LogP contribution in [0.5, 0.6) is 0 Å². The molecule has 20 nitrogen and oxygen atoms in total. The summed E-state index contributed by atoms with van der Waals surface area (Å²) in [6.45, 7) is 0. The van der Waals surface area contributed by atoms with E-state index in [9.17, 15) is 99.0 Å². The molecule has 0 spiro atoms. The molecule has 0 saturated carbocycles. The van der Waals surface area contributed by atoms with Gasteiger partial charge in [-0.1, -0.05) is 0 Å². The molecular weight excluding hydrogens is 505 g/mol. The molecule has 0 heterocycles. The van der Waals surface area contributed by atoms with Gasteiger partial charge in [0.1, 0.15) is 0 Å². The van der Waals surface area contributed by atoms with E-state index in [0.717, 1.165) is 0 Å². The van der Waals surface area contributed by atoms with Crippen LogP contribution in [-0.2, 0) is 7.72 Å². The molecule has 31 heavy (non-hydrogen) atoms. The second-order valence-corrected chi connectivity index (χ2v) is 58.0. The van der Waals surface area contributed by atoms with Gasteiger partial charge in [0, 0.05) is 0 Å². The summed E-state index contributed by atoms with van der Waals surface area (Å²) in [4.78, 5) is 126. The van der Waals surface area contributed by atoms with Crippen molar-refractivity contribution in [2.45, 2.75) is 0 Å². The van der Waals surface area contributed by atoms with Crippen molar-refractivity contribution >= 4 is 45.6 Å². The monoisotopic (exact) mass is 514 g/mol. The second-order valence-electron chi connectivity index (χ2n) is 11.9. The first-order chi connectivity index (χ1) is 13.4. The van der Waals surface area contributed by atoms with Crippen LogP contribution >= 0.6 is 0 Å². The molecule has 0 aromatic carbocycles. The van der Waals surface area contributed by atoms with Gasteiger partial charge in [0.2, 0.25) is 0 Å². The Morgan fingerprint density at radius 1 is 0.258 bits per heavy atom. The van der Waals surface area contributed by atoms with Crippen molar-refractivity contribution in [2.24, 2.45) is 0 Å². The fourth-order valence-corrected chi connectivity index (χ4v) is 30.2. The summed E-state index contributed by atoms with van der Waals surface area (Å²) in [6.07, 6.45) is 0. The van der Waals surface area contributed by atoms with Gasteiger partial charge in [-0.25, -0.2) is 0 Å². The molecule has 0 aliphatic heterocycles. The zero-order valence-electron chi connectivity index (χ0n) is 14.3. The van der Waals surface area contributed by atoms with Crippen LogP contribution in [-0.4, -0.2) is 96.7 Å². The Morgan fingerprint density at radius 2 is 0.323 bits per heavy atom. The maximum atomic E-state index is 12.6. The van der Waals surface area contributed by atoms with Gasteiger partial charge in [-0.2, -0.15) is 0 Å². The average molecular weight is 516 g/mol. The van der Waals surface area contributed by atoms with E-state index in [1.807, 2.05) is 0 Å². The van der Waals surface area contributed by atoms with E-state index in [0.29, 0.717) is 0 Å². The minimum absolute atomic E-state index is 5.81. The fraction of sp³-hybridized carbons (Fsp3) is 0. The van der Waals surface area contributed by atoms with Crippen LogP contribution in [0.4, 0.5) is 47.9 Å². The van der Waals surface area contributed by atoms with Gasteiger partial charge >= 0.3 is 152 Å². The molecule has 0 aromatic heterocycles. The zero-order valence-corrected chi connectivity index (χ0v) is 17.2. The molecule has 172 valence electrons. The summed E-state index contributed by atoms with van der Waals surface area (Å²) in [6, 6.07) is 0. The van der Waals surface area contributed by atoms with E-state index in [2.05, 4.69) is 0 Å². The third-order valence-electron chi connectivity index (χ3n) is 13.6. The number of hydrogen-bond donors (Lipinski definition) is 10. The van der Waals surface area contributed by atoms with Gasteiger partial charge in [0.05, 0.1) is 0 Å². The molecule has 10 N–H and O–H groups in total. The molecule has 0 amide bonds. The van der Waals surface area contributed by atoms with Crippen molar-refractivity contribution < 1.29 is 107 Å². The average Bonchev–Trinajstić information content (AvgIpc) is 2.56. The summed E-state index contributed by atoms with van der Waals surface area (Å²) < 4.78 is -58.1. The molecule has 21 heteroatoms. The third-order valence-corrected chi connectivity index (χ3v) is 70.7. The number of carboxylic acid groups (broad SMARTS) is 10. The molecule has 0 fully saturated rings. The van der Waals surface area contributed by atoms with E-state index < -0.39 is 53.4 Å². The SMILES string of the molecule is O=[C](O)[Zn]([C](=O)O)([C](=O)O)([C](=O)O)([C](=O)O)([C](=O)O)([C](=O)O)([C](=O)O)([C](=O)O)[C](=O)O. The second kappa shape index (κ2) is 3.03. The Balaban J connectivity index is 12.8. The molecule has 0 aliphatic carbocycles. The van der Waals surface area contributed by atoms with Gasteiger partial charge in [-0.3, -0.25) is 0 Å². The molecular formula is C10H10O20Zn. The molecule has 0 saturated heterocycles. The van der Waals surface area contributed by atoms with Crippen molar-refractivity contribution in [1.29, 1.82) is 0 Å². The van der Waals surface area contributed by atoms with Crippen LogP contribution in [0.25, 0.3) is 0 Å². The van der Waals surface area contributed by atoms with Crippen molar-refractivity contribution in [2.75, 3.05) is 0 Å². The van der Waals surface area contributed by atoms with Crippen LogP contribution in [0.1, 0.15) is 0 Å². The van der Waals surface area contributed by atoms with Gasteiger partial charge in [-0.15, -0.1) is 0 Å². The number of hydrogen-bond acceptors (Lipinski definition) is 10. The van der Waals surface area contributed by atoms with Gasteiger partial charge in [0.15, 0.2) is 0 Å². The molecule has 0 rings (SSSR count). The number of carbonyl (C=O) groups is 10. The summed E-state index contributed by atoms with van der Waals surface area (Å²) in [7, 11) is -17.8. The first-order valence-corrected chi connectivity index (χ1v) is 22.6. The third kappa shape index (κ3) is 0.448. The first kappa shape index (κ1) is 26.3. The molecule has 0 aliphatic rings. The first-order valence-electron chi connectivity index (χ1n) is 7.81. The fourth-order valence-electron chi connectivity index (χ4n) is 5.82. The molecule has 0 radical (unpaired) electrons. The quantitative estimate of drug-likeness (QED) is 0.186. The summed E-state index contributed by atoms with van der Waals surface area (Å²) in [5.41, 5.74) is 0. The van der Waals surface area contributed by atoms with Crippen LogP contribution in [0.2, 0.25) is 0 Å². The predicted molar refractivity (Wildman–Crippen MR) is 80.2 cm³/mol. The van der Waals surface area contributed by atoms with Crippen molar-refractivity contribution in [3.05, 3.63) is 0 Å². The van der Waals surface area contributed by atoms with Crippen LogP contribution in [0.3, 0.4) is 0 Å². The van der Waals surface area contributed by atoms with Crippen molar-refractivity contribution in [3.63, 3.8) is 0 Å². The Bertz CT molecular complexity index is 957. The van der Waals surface area contributed by atoms with Crippen molar-refractivity contribution in [3.8, 4) is 0 Å². The Morgan fingerprint density at radius 3 is 0.323 bits per heavy atom. The van der Waals surface area contributed by atoms with E-state index in [1.165, 1.54) is 0 Å². The molecule has 0 unspecified atom stereocenters. The Hall–Kier alpha value is -4.68. The maximum absolute atomic E-state index is 17.8. The normalized spacial score (nSPS) is 20.0. The predicted octanol–water partition coefficient (Wildman–Crippen LogP) is 2.13. The standard InChI is InChI=1S/10CHO2.Zn/c10*2-1-3;/h10*(H,2,3);. The van der Waals surface area contributed by atoms with Crippen LogP contribution in [0.15, 0.2) is 0 Å². The van der Waals surface area contributed by atoms with Gasteiger partial charge in [-0.05, 0) is 0 Å². The van der Waals surface area contributed by atoms with E-state index in [-0.39, 0.29) is 0 Å². The topological polar surface area (TPSA) is 373 Å². The van der Waals surface area contributed by atoms with Crippen LogP contribution < -0.4 is 0 Å². The van der Waals surface area contributed by atoms with Crippen molar-refractivity contribution in [1.82, 2.24) is 0 Å². The van der Waals surface area contributed by atoms with E-state index >= 15 is 0 Å². The summed E-state index contributed by atoms with van der Waals surface area (Å²) in [5.74, 6) is 0. The Labute approximate surface area is 153 Å². The minimum atomic E-state index is -17.8. The van der Waals surface area contributed by atoms with Gasteiger partial charge in [0.25, 0.3) is 0 Å².